The van der Waals surface area contributed by atoms with Crippen LogP contribution in [0.15, 0.2) is 89.0 Å². The molecule has 0 radical (unpaired) electrons. The van der Waals surface area contributed by atoms with Gasteiger partial charge in [0.1, 0.15) is 18.4 Å². The number of nitrogens with one attached hydrogen (secondary N) is 2. The maximum atomic E-state index is 13.9. The number of hydrogen-bond donors (Lipinski definition) is 4. The van der Waals surface area contributed by atoms with Crippen molar-refractivity contribution in [3.05, 3.63) is 83.8 Å². The summed E-state index contributed by atoms with van der Waals surface area (Å²) in [7, 11) is 2.96. The van der Waals surface area contributed by atoms with Crippen LogP contribution in [-0.4, -0.2) is 80.4 Å². The molecule has 1 heterocycles. The summed E-state index contributed by atoms with van der Waals surface area (Å²) in [4.78, 5) is 44.3. The quantitative estimate of drug-likeness (QED) is 0.127. The first-order valence-corrected chi connectivity index (χ1v) is 15.1. The molecule has 0 saturated carbocycles. The maximum Gasteiger partial charge on any atom is 0.405 e. The van der Waals surface area contributed by atoms with Gasteiger partial charge in [-0.25, -0.2) is 4.79 Å². The number of aliphatic hydroxyl groups excluding tert-OH is 1. The summed E-state index contributed by atoms with van der Waals surface area (Å²) < 4.78 is 16.7. The summed E-state index contributed by atoms with van der Waals surface area (Å²) in [5.74, 6) is -1.50. The number of ketones is 1. The minimum atomic E-state index is -0.993. The monoisotopic (exact) mass is 640 g/mol. The summed E-state index contributed by atoms with van der Waals surface area (Å²) in [6.07, 6.45) is 7.58. The first kappa shape index (κ1) is 37.9. The zero-order chi connectivity index (χ0) is 34.4. The highest BCUT2D eigenvalue weighted by Gasteiger charge is 2.33. The van der Waals surface area contributed by atoms with Crippen molar-refractivity contribution in [1.82, 2.24) is 10.6 Å². The first-order chi connectivity index (χ1) is 21.9. The summed E-state index contributed by atoms with van der Waals surface area (Å²) in [5, 5.41) is 21.5. The molecule has 0 aromatic heterocycles. The standard InChI is InChI=1S/C34H48N4O8/c1-9-14-36-29-24-16-20(3)17-28(44-8)30(39)22(5)18-23(6)32(46-34(35)42)27(43-7)13-11-12-21(4)33(41)37-26(31(24)40)19-25(29)38-45-15-10-2/h9-13,18-20,22,27-28,30,32,36,39H,1-2,14-17H2,3-8H3,(H2,35,42)(H,37,41)/b13-11-,21-12+,23-18+,38-25+/t20-,22+,27+,28+,30-,32+/m1/s1. The lowest BCUT2D eigenvalue weighted by Gasteiger charge is -2.30. The maximum absolute atomic E-state index is 13.9. The number of carbonyl (C=O) groups excluding carboxylic acids is 3. The molecular weight excluding hydrogens is 592 g/mol. The molecule has 252 valence electrons. The van der Waals surface area contributed by atoms with Crippen molar-refractivity contribution in [3.8, 4) is 0 Å². The zero-order valence-electron chi connectivity index (χ0n) is 27.6. The molecule has 0 fully saturated rings. The average molecular weight is 641 g/mol. The number of hydrogen-bond acceptors (Lipinski definition) is 10. The minimum absolute atomic E-state index is 0.0217. The number of primary amides is 1. The third-order valence-electron chi connectivity index (χ3n) is 7.59. The summed E-state index contributed by atoms with van der Waals surface area (Å²) in [6.45, 7) is 15.0. The number of aliphatic hydroxyl groups is 1. The van der Waals surface area contributed by atoms with Crippen molar-refractivity contribution in [3.63, 3.8) is 0 Å². The van der Waals surface area contributed by atoms with Gasteiger partial charge in [0, 0.05) is 37.8 Å². The SMILES string of the molecule is C=CCNC1=C2C[C@@H](C)C[C@H](OC)[C@H](O)[C@@H](C)/C=C(\C)[C@H](OC(N)=O)[C@@H](OC)/C=C\C=C(/C)C(=O)NC(=C/C1=N\OCC=C)C2=O. The second kappa shape index (κ2) is 18.6. The van der Waals surface area contributed by atoms with Gasteiger partial charge in [-0.15, -0.1) is 6.58 Å². The molecule has 0 spiro atoms. The number of carbonyl (C=O) groups is 3. The van der Waals surface area contributed by atoms with Crippen LogP contribution in [0.25, 0.3) is 0 Å². The fourth-order valence-corrected chi connectivity index (χ4v) is 5.20. The van der Waals surface area contributed by atoms with Gasteiger partial charge in [-0.3, -0.25) is 9.59 Å². The van der Waals surface area contributed by atoms with E-state index in [1.807, 2.05) is 13.8 Å². The van der Waals surface area contributed by atoms with Gasteiger partial charge in [0.05, 0.1) is 23.6 Å². The van der Waals surface area contributed by atoms with Gasteiger partial charge in [-0.2, -0.15) is 0 Å². The lowest BCUT2D eigenvalue weighted by Crippen LogP contribution is -2.38. The second-order valence-electron chi connectivity index (χ2n) is 11.3. The van der Waals surface area contributed by atoms with Gasteiger partial charge >= 0.3 is 6.09 Å². The molecule has 12 heteroatoms. The molecule has 0 unspecified atom stereocenters. The largest absolute Gasteiger partial charge is 0.439 e. The zero-order valence-corrected chi connectivity index (χ0v) is 27.6. The number of Topliss-reactive ketones (excluding diaryl/α,β-unsaturated/α-hetero) is 1. The molecule has 0 saturated heterocycles. The van der Waals surface area contributed by atoms with Crippen molar-refractivity contribution in [2.45, 2.75) is 65.0 Å². The molecule has 1 aliphatic carbocycles. The number of nitrogens with zero attached hydrogens (tertiary/aromatic N) is 1. The van der Waals surface area contributed by atoms with E-state index in [1.54, 1.807) is 38.2 Å². The van der Waals surface area contributed by atoms with E-state index in [9.17, 15) is 19.5 Å². The predicted octanol–water partition coefficient (Wildman–Crippen LogP) is 3.53. The van der Waals surface area contributed by atoms with E-state index < -0.39 is 42.3 Å². The Hall–Kier alpha value is -4.26. The van der Waals surface area contributed by atoms with E-state index in [-0.39, 0.29) is 36.0 Å². The average Bonchev–Trinajstić information content (AvgIpc) is 3.01. The molecule has 5 N–H and O–H groups in total. The number of ether oxygens (including phenoxy) is 3. The van der Waals surface area contributed by atoms with Gasteiger partial charge in [-0.1, -0.05) is 62.0 Å². The van der Waals surface area contributed by atoms with E-state index in [0.29, 0.717) is 35.5 Å². The van der Waals surface area contributed by atoms with E-state index >= 15 is 0 Å². The van der Waals surface area contributed by atoms with Crippen LogP contribution < -0.4 is 16.4 Å². The predicted molar refractivity (Wildman–Crippen MR) is 176 cm³/mol. The van der Waals surface area contributed by atoms with Crippen molar-refractivity contribution in [2.75, 3.05) is 27.4 Å². The van der Waals surface area contributed by atoms with Gasteiger partial charge in [-0.05, 0) is 44.3 Å². The molecule has 2 rings (SSSR count). The number of amides is 2. The Morgan fingerprint density at radius 1 is 1.20 bits per heavy atom. The topological polar surface area (TPSA) is 171 Å². The van der Waals surface area contributed by atoms with E-state index in [2.05, 4.69) is 28.9 Å². The van der Waals surface area contributed by atoms with E-state index in [4.69, 9.17) is 24.8 Å². The minimum Gasteiger partial charge on any atom is -0.439 e. The first-order valence-electron chi connectivity index (χ1n) is 15.1. The van der Waals surface area contributed by atoms with Crippen LogP contribution in [0.2, 0.25) is 0 Å². The Balaban J connectivity index is 2.72. The molecular formula is C34H48N4O8. The van der Waals surface area contributed by atoms with Crippen LogP contribution in [-0.2, 0) is 28.6 Å². The van der Waals surface area contributed by atoms with Crippen LogP contribution in [0.1, 0.15) is 40.5 Å². The van der Waals surface area contributed by atoms with Crippen molar-refractivity contribution in [2.24, 2.45) is 22.7 Å². The third-order valence-corrected chi connectivity index (χ3v) is 7.59. The highest BCUT2D eigenvalue weighted by molar-refractivity contribution is 6.25. The van der Waals surface area contributed by atoms with Gasteiger partial charge in [0.15, 0.2) is 6.10 Å². The molecule has 1 aliphatic heterocycles. The van der Waals surface area contributed by atoms with E-state index in [1.165, 1.54) is 32.4 Å². The molecule has 2 amide bonds. The Labute approximate surface area is 271 Å². The smallest absolute Gasteiger partial charge is 0.405 e. The second-order valence-corrected chi connectivity index (χ2v) is 11.3. The van der Waals surface area contributed by atoms with Crippen LogP contribution in [0.3, 0.4) is 0 Å². The molecule has 0 aromatic rings. The fraction of sp³-hybridized carbons (Fsp3) is 0.471. The van der Waals surface area contributed by atoms with Crippen LogP contribution >= 0.6 is 0 Å². The summed E-state index contributed by atoms with van der Waals surface area (Å²) >= 11 is 0. The fourth-order valence-electron chi connectivity index (χ4n) is 5.20. The normalized spacial score (nSPS) is 30.6. The van der Waals surface area contributed by atoms with Crippen molar-refractivity contribution in [1.29, 1.82) is 0 Å². The highest BCUT2D eigenvalue weighted by Crippen LogP contribution is 2.29. The number of methoxy groups -OCH3 is 2. The third kappa shape index (κ3) is 10.7. The van der Waals surface area contributed by atoms with Gasteiger partial charge in [0.2, 0.25) is 5.78 Å². The van der Waals surface area contributed by atoms with Crippen LogP contribution in [0, 0.1) is 11.8 Å². The number of fused-ring (bicyclic) bond motifs is 2. The van der Waals surface area contributed by atoms with Gasteiger partial charge < -0.3 is 40.5 Å². The summed E-state index contributed by atoms with van der Waals surface area (Å²) in [5.41, 5.74) is 7.43. The van der Waals surface area contributed by atoms with Gasteiger partial charge in [0.25, 0.3) is 5.91 Å². The Morgan fingerprint density at radius 2 is 1.91 bits per heavy atom. The molecule has 2 bridgehead atoms. The Bertz CT molecular complexity index is 1330. The molecule has 46 heavy (non-hydrogen) atoms. The molecule has 0 aromatic carbocycles. The Morgan fingerprint density at radius 3 is 2.52 bits per heavy atom. The van der Waals surface area contributed by atoms with Crippen LogP contribution in [0.5, 0.6) is 0 Å². The molecule has 12 nitrogen and oxygen atoms in total. The molecule has 6 atom stereocenters. The van der Waals surface area contributed by atoms with E-state index in [0.717, 1.165) is 0 Å². The van der Waals surface area contributed by atoms with Crippen molar-refractivity contribution < 1.29 is 38.5 Å². The molecule has 2 aliphatic rings. The van der Waals surface area contributed by atoms with Crippen LogP contribution in [0.4, 0.5) is 4.79 Å². The number of rotatable bonds is 9. The highest BCUT2D eigenvalue weighted by atomic mass is 16.6. The lowest BCUT2D eigenvalue weighted by molar-refractivity contribution is -0.119. The Kier molecular flexibility index (Phi) is 15.4. The number of allylic oxidation sites excluding steroid dienone is 4. The van der Waals surface area contributed by atoms with Crippen molar-refractivity contribution >= 4 is 23.5 Å². The summed E-state index contributed by atoms with van der Waals surface area (Å²) in [6, 6.07) is 0. The lowest BCUT2D eigenvalue weighted by atomic mass is 9.85. The number of nitrogens with two attached hydrogens (primary N) is 1. The number of oxime groups is 1.